The van der Waals surface area contributed by atoms with E-state index in [1.807, 2.05) is 26.0 Å². The zero-order chi connectivity index (χ0) is 15.7. The molecule has 2 aromatic rings. The van der Waals surface area contributed by atoms with Crippen LogP contribution < -0.4 is 5.32 Å². The van der Waals surface area contributed by atoms with Crippen LogP contribution in [0.25, 0.3) is 5.69 Å². The molecule has 6 nitrogen and oxygen atoms in total. The van der Waals surface area contributed by atoms with Gasteiger partial charge in [0.05, 0.1) is 17.9 Å². The van der Waals surface area contributed by atoms with Crippen molar-refractivity contribution in [1.82, 2.24) is 20.3 Å². The third-order valence-corrected chi connectivity index (χ3v) is 4.26. The predicted octanol–water partition coefficient (Wildman–Crippen LogP) is 2.03. The highest BCUT2D eigenvalue weighted by atomic mass is 32.2. The molecule has 22 heavy (non-hydrogen) atoms. The third kappa shape index (κ3) is 2.89. The van der Waals surface area contributed by atoms with Gasteiger partial charge in [-0.15, -0.1) is 5.10 Å². The molecule has 0 radical (unpaired) electrons. The van der Waals surface area contributed by atoms with Gasteiger partial charge in [0.25, 0.3) is 5.91 Å². The molecule has 3 rings (SSSR count). The summed E-state index contributed by atoms with van der Waals surface area (Å²) in [6.07, 6.45) is 0. The molecule has 1 aliphatic rings. The number of benzene rings is 1. The molecule has 0 saturated heterocycles. The second-order valence-electron chi connectivity index (χ2n) is 5.20. The fraction of sp³-hybridized carbons (Fsp3) is 0.333. The average molecular weight is 315 g/mol. The van der Waals surface area contributed by atoms with Crippen LogP contribution in [0.4, 0.5) is 0 Å². The zero-order valence-corrected chi connectivity index (χ0v) is 13.6. The maximum Gasteiger partial charge on any atom is 0.279 e. The van der Waals surface area contributed by atoms with E-state index in [4.69, 9.17) is 0 Å². The van der Waals surface area contributed by atoms with Gasteiger partial charge in [-0.2, -0.15) is 9.90 Å². The van der Waals surface area contributed by atoms with Crippen molar-refractivity contribution in [2.75, 3.05) is 12.3 Å². The Balaban J connectivity index is 1.88. The Morgan fingerprint density at radius 3 is 2.77 bits per heavy atom. The van der Waals surface area contributed by atoms with E-state index in [1.54, 1.807) is 18.7 Å². The largest absolute Gasteiger partial charge is 0.300 e. The maximum atomic E-state index is 12.3. The minimum absolute atomic E-state index is 0.262. The van der Waals surface area contributed by atoms with Crippen molar-refractivity contribution in [3.8, 4) is 5.69 Å². The Hall–Kier alpha value is -2.15. The van der Waals surface area contributed by atoms with Crippen LogP contribution in [-0.4, -0.2) is 38.4 Å². The lowest BCUT2D eigenvalue weighted by molar-refractivity contribution is 0.0972. The minimum atomic E-state index is -0.262. The summed E-state index contributed by atoms with van der Waals surface area (Å²) in [6, 6.07) is 6.03. The van der Waals surface area contributed by atoms with Crippen LogP contribution in [0.15, 0.2) is 23.2 Å². The molecule has 0 atom stereocenters. The van der Waals surface area contributed by atoms with Gasteiger partial charge in [-0.05, 0) is 32.4 Å². The average Bonchev–Trinajstić information content (AvgIpc) is 3.08. The minimum Gasteiger partial charge on any atom is -0.300 e. The molecule has 1 aromatic heterocycles. The molecule has 2 heterocycles. The third-order valence-electron chi connectivity index (χ3n) is 3.37. The van der Waals surface area contributed by atoms with E-state index >= 15 is 0 Å². The van der Waals surface area contributed by atoms with E-state index in [-0.39, 0.29) is 5.91 Å². The number of carbonyl (C=O) groups is 1. The van der Waals surface area contributed by atoms with E-state index in [1.165, 1.54) is 10.4 Å². The van der Waals surface area contributed by atoms with Crippen LogP contribution >= 0.6 is 11.8 Å². The van der Waals surface area contributed by atoms with Gasteiger partial charge in [-0.1, -0.05) is 29.5 Å². The second-order valence-corrected chi connectivity index (χ2v) is 6.29. The lowest BCUT2D eigenvalue weighted by Crippen LogP contribution is -2.28. The summed E-state index contributed by atoms with van der Waals surface area (Å²) in [6.45, 7) is 6.57. The molecule has 0 aliphatic carbocycles. The molecule has 0 spiro atoms. The number of nitrogens with zero attached hydrogens (tertiary/aromatic N) is 4. The highest BCUT2D eigenvalue weighted by Gasteiger charge is 2.19. The Morgan fingerprint density at radius 1 is 1.27 bits per heavy atom. The van der Waals surface area contributed by atoms with Gasteiger partial charge in [0.2, 0.25) is 0 Å². The topological polar surface area (TPSA) is 72.2 Å². The van der Waals surface area contributed by atoms with Crippen molar-refractivity contribution in [2.45, 2.75) is 20.8 Å². The number of amides is 1. The summed E-state index contributed by atoms with van der Waals surface area (Å²) in [7, 11) is 0. The number of aliphatic imine (C=N–C) groups is 1. The Kier molecular flexibility index (Phi) is 3.98. The monoisotopic (exact) mass is 315 g/mol. The van der Waals surface area contributed by atoms with Crippen LogP contribution in [0, 0.1) is 20.8 Å². The Morgan fingerprint density at radius 2 is 2.09 bits per heavy atom. The van der Waals surface area contributed by atoms with Gasteiger partial charge < -0.3 is 0 Å². The van der Waals surface area contributed by atoms with Gasteiger partial charge in [-0.3, -0.25) is 15.1 Å². The van der Waals surface area contributed by atoms with Crippen LogP contribution in [0.5, 0.6) is 0 Å². The first kappa shape index (κ1) is 14.8. The summed E-state index contributed by atoms with van der Waals surface area (Å²) >= 11 is 1.54. The number of rotatable bonds is 2. The summed E-state index contributed by atoms with van der Waals surface area (Å²) in [5, 5.41) is 12.1. The van der Waals surface area contributed by atoms with E-state index < -0.39 is 0 Å². The molecule has 0 bridgehead atoms. The second kappa shape index (κ2) is 5.92. The fourth-order valence-corrected chi connectivity index (χ4v) is 3.02. The highest BCUT2D eigenvalue weighted by molar-refractivity contribution is 8.14. The number of hydrogen-bond acceptors (Lipinski definition) is 5. The fourth-order valence-electron chi connectivity index (χ4n) is 2.29. The van der Waals surface area contributed by atoms with Crippen LogP contribution in [0.3, 0.4) is 0 Å². The standard InChI is InChI=1S/C15H17N5OS/c1-9-4-5-12(10(2)8-9)20-18-11(3)13(19-20)14(21)17-15-16-6-7-22-15/h4-5,8H,6-7H2,1-3H3,(H,16,17,21). The van der Waals surface area contributed by atoms with Crippen molar-refractivity contribution < 1.29 is 4.79 Å². The lowest BCUT2D eigenvalue weighted by Gasteiger charge is -2.05. The Bertz CT molecular complexity index is 765. The van der Waals surface area contributed by atoms with Crippen LogP contribution in [-0.2, 0) is 0 Å². The van der Waals surface area contributed by atoms with Crippen molar-refractivity contribution in [3.05, 3.63) is 40.7 Å². The molecule has 114 valence electrons. The smallest absolute Gasteiger partial charge is 0.279 e. The van der Waals surface area contributed by atoms with Gasteiger partial charge in [0.15, 0.2) is 10.9 Å². The predicted molar refractivity (Wildman–Crippen MR) is 87.8 cm³/mol. The summed E-state index contributed by atoms with van der Waals surface area (Å²) in [4.78, 5) is 18.0. The SMILES string of the molecule is Cc1ccc(-n2nc(C)c(C(=O)NC3=NCCS3)n2)c(C)c1. The number of aryl methyl sites for hydroxylation is 3. The number of amidine groups is 1. The van der Waals surface area contributed by atoms with Gasteiger partial charge in [0.1, 0.15) is 0 Å². The summed E-state index contributed by atoms with van der Waals surface area (Å²) in [5.74, 6) is 0.644. The van der Waals surface area contributed by atoms with E-state index in [9.17, 15) is 4.79 Å². The molecule has 1 N–H and O–H groups in total. The lowest BCUT2D eigenvalue weighted by atomic mass is 10.1. The van der Waals surface area contributed by atoms with Gasteiger partial charge >= 0.3 is 0 Å². The first-order valence-corrected chi connectivity index (χ1v) is 8.03. The molecule has 1 aliphatic heterocycles. The normalized spacial score (nSPS) is 14.0. The summed E-state index contributed by atoms with van der Waals surface area (Å²) < 4.78 is 0. The summed E-state index contributed by atoms with van der Waals surface area (Å²) in [5.41, 5.74) is 4.05. The number of thioether (sulfide) groups is 1. The zero-order valence-electron chi connectivity index (χ0n) is 12.8. The van der Waals surface area contributed by atoms with Gasteiger partial charge in [0, 0.05) is 5.75 Å². The molecule has 0 saturated carbocycles. The molecular weight excluding hydrogens is 298 g/mol. The van der Waals surface area contributed by atoms with E-state index in [0.717, 1.165) is 23.5 Å². The van der Waals surface area contributed by atoms with Crippen molar-refractivity contribution in [1.29, 1.82) is 0 Å². The van der Waals surface area contributed by atoms with Crippen LogP contribution in [0.1, 0.15) is 27.3 Å². The van der Waals surface area contributed by atoms with Crippen LogP contribution in [0.2, 0.25) is 0 Å². The number of nitrogens with one attached hydrogen (secondary N) is 1. The maximum absolute atomic E-state index is 12.3. The Labute approximate surface area is 133 Å². The number of hydrogen-bond donors (Lipinski definition) is 1. The first-order chi connectivity index (χ1) is 10.5. The molecular formula is C15H17N5OS. The molecule has 1 aromatic carbocycles. The quantitative estimate of drug-likeness (QED) is 0.920. The molecule has 0 unspecified atom stereocenters. The van der Waals surface area contributed by atoms with E-state index in [0.29, 0.717) is 16.6 Å². The molecule has 1 amide bonds. The first-order valence-electron chi connectivity index (χ1n) is 7.05. The van der Waals surface area contributed by atoms with Gasteiger partial charge in [-0.25, -0.2) is 0 Å². The van der Waals surface area contributed by atoms with Crippen molar-refractivity contribution >= 4 is 22.8 Å². The number of aromatic nitrogens is 3. The van der Waals surface area contributed by atoms with E-state index in [2.05, 4.69) is 26.6 Å². The highest BCUT2D eigenvalue weighted by Crippen LogP contribution is 2.16. The molecule has 0 fully saturated rings. The molecule has 7 heteroatoms. The van der Waals surface area contributed by atoms with Crippen molar-refractivity contribution in [2.24, 2.45) is 4.99 Å². The number of carbonyl (C=O) groups excluding carboxylic acids is 1. The van der Waals surface area contributed by atoms with Crippen molar-refractivity contribution in [3.63, 3.8) is 0 Å².